The number of carbonyl (C=O) groups is 1. The zero-order valence-electron chi connectivity index (χ0n) is 17.1. The van der Waals surface area contributed by atoms with Crippen molar-refractivity contribution in [3.63, 3.8) is 0 Å². The van der Waals surface area contributed by atoms with E-state index >= 15 is 0 Å². The van der Waals surface area contributed by atoms with Gasteiger partial charge in [0.25, 0.3) is 0 Å². The Balaban J connectivity index is 1.93. The van der Waals surface area contributed by atoms with E-state index in [1.165, 1.54) is 27.4 Å². The molecular formula is C23H24O6. The van der Waals surface area contributed by atoms with Gasteiger partial charge in [-0.2, -0.15) is 0 Å². The Bertz CT molecular complexity index is 1000. The van der Waals surface area contributed by atoms with Gasteiger partial charge in [-0.05, 0) is 62.4 Å². The first-order chi connectivity index (χ1) is 13.8. The molecule has 0 amide bonds. The molecule has 1 aliphatic heterocycles. The van der Waals surface area contributed by atoms with Crippen LogP contribution in [0, 0.1) is 0 Å². The minimum Gasteiger partial charge on any atom is -0.506 e. The van der Waals surface area contributed by atoms with Gasteiger partial charge in [-0.3, -0.25) is 4.79 Å². The summed E-state index contributed by atoms with van der Waals surface area (Å²) in [5.74, 6) is 1.49. The van der Waals surface area contributed by atoms with E-state index in [9.17, 15) is 9.90 Å². The lowest BCUT2D eigenvalue weighted by Crippen LogP contribution is -2.27. The molecule has 1 aliphatic rings. The summed E-state index contributed by atoms with van der Waals surface area (Å²) in [7, 11) is 4.56. The topological polar surface area (TPSA) is 74.2 Å². The van der Waals surface area contributed by atoms with Crippen LogP contribution in [0.3, 0.4) is 0 Å². The van der Waals surface area contributed by atoms with Crippen LogP contribution in [0.1, 0.15) is 35.3 Å². The van der Waals surface area contributed by atoms with Gasteiger partial charge in [-0.25, -0.2) is 0 Å². The van der Waals surface area contributed by atoms with Crippen LogP contribution in [0.4, 0.5) is 0 Å². The van der Waals surface area contributed by atoms with E-state index in [1.54, 1.807) is 36.4 Å². The second kappa shape index (κ2) is 7.91. The molecule has 0 spiro atoms. The molecule has 29 heavy (non-hydrogen) atoms. The number of benzene rings is 2. The third kappa shape index (κ3) is 3.92. The Morgan fingerprint density at radius 3 is 2.41 bits per heavy atom. The van der Waals surface area contributed by atoms with Crippen molar-refractivity contribution in [2.75, 3.05) is 21.3 Å². The first-order valence-corrected chi connectivity index (χ1v) is 9.07. The van der Waals surface area contributed by atoms with Crippen molar-refractivity contribution < 1.29 is 28.8 Å². The van der Waals surface area contributed by atoms with Crippen LogP contribution in [0.2, 0.25) is 0 Å². The third-order valence-corrected chi connectivity index (χ3v) is 4.62. The molecule has 2 aromatic carbocycles. The Labute approximate surface area is 170 Å². The fourth-order valence-corrected chi connectivity index (χ4v) is 3.15. The number of phenolic OH excluding ortho intramolecular Hbond substituents is 1. The number of ketones is 1. The molecule has 1 N–H and O–H groups in total. The SMILES string of the molecule is COc1ccc(/C=C/C(=O)c2ccc3c(c2O)C=CC(C)(C)O3)c(OC)c1OC. The van der Waals surface area contributed by atoms with Gasteiger partial charge in [0.05, 0.1) is 32.5 Å². The molecule has 0 saturated carbocycles. The molecule has 2 aromatic rings. The van der Waals surface area contributed by atoms with Gasteiger partial charge in [0.15, 0.2) is 17.3 Å². The van der Waals surface area contributed by atoms with Crippen molar-refractivity contribution >= 4 is 17.9 Å². The molecule has 0 unspecified atom stereocenters. The Kier molecular flexibility index (Phi) is 5.55. The molecule has 0 saturated heterocycles. The van der Waals surface area contributed by atoms with Crippen LogP contribution in [0.15, 0.2) is 36.4 Å². The van der Waals surface area contributed by atoms with Crippen molar-refractivity contribution in [2.45, 2.75) is 19.4 Å². The standard InChI is InChI=1S/C23H24O6/c1-23(2)13-12-16-18(29-23)11-8-15(20(16)25)17(24)9-6-14-7-10-19(26-3)22(28-5)21(14)27-4/h6-13,25H,1-5H3/b9-6+. The van der Waals surface area contributed by atoms with Crippen molar-refractivity contribution in [3.8, 4) is 28.7 Å². The minimum absolute atomic E-state index is 0.108. The lowest BCUT2D eigenvalue weighted by Gasteiger charge is -2.28. The fraction of sp³-hybridized carbons (Fsp3) is 0.261. The van der Waals surface area contributed by atoms with E-state index in [1.807, 2.05) is 19.9 Å². The van der Waals surface area contributed by atoms with Crippen molar-refractivity contribution in [2.24, 2.45) is 0 Å². The highest BCUT2D eigenvalue weighted by Crippen LogP contribution is 2.41. The smallest absolute Gasteiger partial charge is 0.203 e. The van der Waals surface area contributed by atoms with Crippen LogP contribution in [-0.4, -0.2) is 37.8 Å². The highest BCUT2D eigenvalue weighted by molar-refractivity contribution is 6.09. The number of aromatic hydroxyl groups is 1. The number of carbonyl (C=O) groups excluding carboxylic acids is 1. The van der Waals surface area contributed by atoms with E-state index in [2.05, 4.69) is 0 Å². The molecule has 6 heteroatoms. The van der Waals surface area contributed by atoms with E-state index in [0.717, 1.165) is 0 Å². The first kappa shape index (κ1) is 20.3. The number of hydrogen-bond acceptors (Lipinski definition) is 6. The summed E-state index contributed by atoms with van der Waals surface area (Å²) >= 11 is 0. The molecule has 3 rings (SSSR count). The molecule has 0 fully saturated rings. The second-order valence-electron chi connectivity index (χ2n) is 7.03. The van der Waals surface area contributed by atoms with E-state index in [0.29, 0.717) is 34.1 Å². The summed E-state index contributed by atoms with van der Waals surface area (Å²) in [5, 5.41) is 10.6. The summed E-state index contributed by atoms with van der Waals surface area (Å²) < 4.78 is 21.9. The Hall–Kier alpha value is -3.41. The summed E-state index contributed by atoms with van der Waals surface area (Å²) in [5.41, 5.74) is 0.857. The lowest BCUT2D eigenvalue weighted by atomic mass is 9.98. The zero-order chi connectivity index (χ0) is 21.2. The Morgan fingerprint density at radius 1 is 1.03 bits per heavy atom. The maximum Gasteiger partial charge on any atom is 0.203 e. The fourth-order valence-electron chi connectivity index (χ4n) is 3.15. The highest BCUT2D eigenvalue weighted by Gasteiger charge is 2.25. The van der Waals surface area contributed by atoms with Gasteiger partial charge in [-0.1, -0.05) is 0 Å². The molecule has 0 bridgehead atoms. The van der Waals surface area contributed by atoms with Gasteiger partial charge in [0.1, 0.15) is 17.1 Å². The van der Waals surface area contributed by atoms with Gasteiger partial charge < -0.3 is 24.1 Å². The minimum atomic E-state index is -0.463. The second-order valence-corrected chi connectivity index (χ2v) is 7.03. The maximum atomic E-state index is 12.7. The summed E-state index contributed by atoms with van der Waals surface area (Å²) in [6.45, 7) is 3.84. The Morgan fingerprint density at radius 2 is 1.76 bits per heavy atom. The zero-order valence-corrected chi connectivity index (χ0v) is 17.1. The summed E-state index contributed by atoms with van der Waals surface area (Å²) in [6, 6.07) is 6.74. The first-order valence-electron chi connectivity index (χ1n) is 9.07. The van der Waals surface area contributed by atoms with Gasteiger partial charge in [-0.15, -0.1) is 0 Å². The molecule has 0 aromatic heterocycles. The van der Waals surface area contributed by atoms with E-state index < -0.39 is 5.60 Å². The number of phenols is 1. The molecule has 152 valence electrons. The van der Waals surface area contributed by atoms with Crippen LogP contribution in [0.25, 0.3) is 12.2 Å². The van der Waals surface area contributed by atoms with Crippen molar-refractivity contribution in [1.29, 1.82) is 0 Å². The number of methoxy groups -OCH3 is 3. The monoisotopic (exact) mass is 396 g/mol. The average molecular weight is 396 g/mol. The number of fused-ring (bicyclic) bond motifs is 1. The molecule has 6 nitrogen and oxygen atoms in total. The van der Waals surface area contributed by atoms with E-state index in [-0.39, 0.29) is 17.1 Å². The molecular weight excluding hydrogens is 372 g/mol. The molecule has 0 atom stereocenters. The van der Waals surface area contributed by atoms with Gasteiger partial charge in [0, 0.05) is 5.56 Å². The number of rotatable bonds is 6. The third-order valence-electron chi connectivity index (χ3n) is 4.62. The number of allylic oxidation sites excluding steroid dienone is 1. The van der Waals surface area contributed by atoms with Gasteiger partial charge in [0.2, 0.25) is 5.75 Å². The average Bonchev–Trinajstić information content (AvgIpc) is 2.70. The number of ether oxygens (including phenoxy) is 4. The predicted octanol–water partition coefficient (Wildman–Crippen LogP) is 4.50. The maximum absolute atomic E-state index is 12.7. The summed E-state index contributed by atoms with van der Waals surface area (Å²) in [6.07, 6.45) is 6.60. The van der Waals surface area contributed by atoms with Crippen LogP contribution >= 0.6 is 0 Å². The highest BCUT2D eigenvalue weighted by atomic mass is 16.5. The summed E-state index contributed by atoms with van der Waals surface area (Å²) in [4.78, 5) is 12.7. The van der Waals surface area contributed by atoms with Crippen molar-refractivity contribution in [3.05, 3.63) is 53.1 Å². The van der Waals surface area contributed by atoms with Crippen LogP contribution in [0.5, 0.6) is 28.7 Å². The van der Waals surface area contributed by atoms with Crippen molar-refractivity contribution in [1.82, 2.24) is 0 Å². The van der Waals surface area contributed by atoms with Crippen LogP contribution < -0.4 is 18.9 Å². The lowest BCUT2D eigenvalue weighted by molar-refractivity contribution is 0.104. The predicted molar refractivity (Wildman–Crippen MR) is 111 cm³/mol. The molecule has 0 radical (unpaired) electrons. The largest absolute Gasteiger partial charge is 0.506 e. The van der Waals surface area contributed by atoms with Gasteiger partial charge >= 0.3 is 0 Å². The molecule has 0 aliphatic carbocycles. The van der Waals surface area contributed by atoms with E-state index in [4.69, 9.17) is 18.9 Å². The quantitative estimate of drug-likeness (QED) is 0.573. The van der Waals surface area contributed by atoms with Crippen LogP contribution in [-0.2, 0) is 0 Å². The number of hydrogen-bond donors (Lipinski definition) is 1. The normalized spacial score (nSPS) is 14.2. The molecule has 1 heterocycles.